The van der Waals surface area contributed by atoms with Gasteiger partial charge in [0.25, 0.3) is 0 Å². The van der Waals surface area contributed by atoms with E-state index in [0.717, 1.165) is 5.56 Å². The van der Waals surface area contributed by atoms with Crippen LogP contribution in [-0.4, -0.2) is 12.5 Å². The molecule has 0 unspecified atom stereocenters. The van der Waals surface area contributed by atoms with Crippen molar-refractivity contribution >= 4 is 5.97 Å². The van der Waals surface area contributed by atoms with Crippen LogP contribution in [0.25, 0.3) is 0 Å². The lowest BCUT2D eigenvalue weighted by Gasteiger charge is -2.19. The molecule has 1 rings (SSSR count). The minimum absolute atomic E-state index is 0.0694. The van der Waals surface area contributed by atoms with E-state index >= 15 is 0 Å². The van der Waals surface area contributed by atoms with E-state index in [9.17, 15) is 4.79 Å². The Morgan fingerprint density at radius 2 is 1.81 bits per heavy atom. The highest BCUT2D eigenvalue weighted by atomic mass is 16.5. The van der Waals surface area contributed by atoms with E-state index in [1.165, 1.54) is 5.56 Å². The Kier molecular flexibility index (Phi) is 4.07. The van der Waals surface area contributed by atoms with Crippen LogP contribution in [0.2, 0.25) is 0 Å². The zero-order valence-electron chi connectivity index (χ0n) is 10.1. The van der Waals surface area contributed by atoms with Crippen molar-refractivity contribution in [3.8, 4) is 0 Å². The van der Waals surface area contributed by atoms with Gasteiger partial charge in [0.15, 0.2) is 0 Å². The predicted molar refractivity (Wildman–Crippen MR) is 64.0 cm³/mol. The lowest BCUT2D eigenvalue weighted by Crippen LogP contribution is -2.16. The molecule has 1 aromatic rings. The second kappa shape index (κ2) is 5.12. The molecule has 0 aromatic heterocycles. The van der Waals surface area contributed by atoms with Crippen LogP contribution < -0.4 is 5.73 Å². The molecular weight excluding hydrogens is 202 g/mol. The van der Waals surface area contributed by atoms with Gasteiger partial charge < -0.3 is 10.5 Å². The third-order valence-electron chi connectivity index (χ3n) is 2.39. The first-order valence-corrected chi connectivity index (χ1v) is 5.38. The minimum Gasteiger partial charge on any atom is -0.460 e. The third-order valence-corrected chi connectivity index (χ3v) is 2.39. The van der Waals surface area contributed by atoms with Gasteiger partial charge in [0.2, 0.25) is 0 Å². The molecule has 3 heteroatoms. The van der Waals surface area contributed by atoms with Gasteiger partial charge in [-0.3, -0.25) is 4.79 Å². The lowest BCUT2D eigenvalue weighted by atomic mass is 9.87. The van der Waals surface area contributed by atoms with Gasteiger partial charge in [0.1, 0.15) is 6.61 Å². The molecule has 3 nitrogen and oxygen atoms in total. The average Bonchev–Trinajstić information content (AvgIpc) is 2.25. The number of benzene rings is 1. The van der Waals surface area contributed by atoms with Gasteiger partial charge in [0, 0.05) is 0 Å². The van der Waals surface area contributed by atoms with Crippen LogP contribution in [0.5, 0.6) is 0 Å². The Labute approximate surface area is 96.6 Å². The Morgan fingerprint density at radius 1 is 1.25 bits per heavy atom. The molecular formula is C13H19NO2. The first-order valence-electron chi connectivity index (χ1n) is 5.38. The van der Waals surface area contributed by atoms with E-state index in [0.29, 0.717) is 6.61 Å². The maximum Gasteiger partial charge on any atom is 0.320 e. The van der Waals surface area contributed by atoms with Crippen LogP contribution in [0.1, 0.15) is 31.9 Å². The molecule has 1 aromatic carbocycles. The second-order valence-corrected chi connectivity index (χ2v) is 4.81. The summed E-state index contributed by atoms with van der Waals surface area (Å²) in [6, 6.07) is 8.08. The lowest BCUT2D eigenvalue weighted by molar-refractivity contribution is -0.143. The van der Waals surface area contributed by atoms with Crippen molar-refractivity contribution in [2.24, 2.45) is 5.73 Å². The van der Waals surface area contributed by atoms with Gasteiger partial charge in [-0.1, -0.05) is 45.0 Å². The highest BCUT2D eigenvalue weighted by molar-refractivity contribution is 5.71. The maximum atomic E-state index is 10.9. The molecule has 0 fully saturated rings. The Morgan fingerprint density at radius 3 is 2.25 bits per heavy atom. The van der Waals surface area contributed by atoms with Crippen LogP contribution in [-0.2, 0) is 21.6 Å². The standard InChI is InChI=1S/C13H19NO2/c1-13(2,3)11-6-4-10(5-7-11)9-16-12(15)8-14/h4-7H,8-9,14H2,1-3H3. The monoisotopic (exact) mass is 221 g/mol. The molecule has 0 radical (unpaired) electrons. The van der Waals surface area contributed by atoms with E-state index in [2.05, 4.69) is 32.9 Å². The van der Waals surface area contributed by atoms with E-state index in [4.69, 9.17) is 10.5 Å². The largest absolute Gasteiger partial charge is 0.460 e. The van der Waals surface area contributed by atoms with Crippen molar-refractivity contribution in [1.82, 2.24) is 0 Å². The SMILES string of the molecule is CC(C)(C)c1ccc(COC(=O)CN)cc1. The first kappa shape index (κ1) is 12.7. The molecule has 0 heterocycles. The summed E-state index contributed by atoms with van der Waals surface area (Å²) in [6.07, 6.45) is 0. The maximum absolute atomic E-state index is 10.9. The summed E-state index contributed by atoms with van der Waals surface area (Å²) in [6.45, 7) is 6.71. The summed E-state index contributed by atoms with van der Waals surface area (Å²) in [5, 5.41) is 0. The van der Waals surface area contributed by atoms with Gasteiger partial charge in [-0.05, 0) is 16.5 Å². The summed E-state index contributed by atoms with van der Waals surface area (Å²) in [7, 11) is 0. The van der Waals surface area contributed by atoms with Gasteiger partial charge in [-0.15, -0.1) is 0 Å². The van der Waals surface area contributed by atoms with Crippen molar-refractivity contribution in [2.75, 3.05) is 6.54 Å². The summed E-state index contributed by atoms with van der Waals surface area (Å²) in [5.74, 6) is -0.375. The summed E-state index contributed by atoms with van der Waals surface area (Å²) >= 11 is 0. The van der Waals surface area contributed by atoms with Gasteiger partial charge in [0.05, 0.1) is 6.54 Å². The van der Waals surface area contributed by atoms with Gasteiger partial charge in [-0.2, -0.15) is 0 Å². The number of esters is 1. The van der Waals surface area contributed by atoms with Crippen LogP contribution in [0, 0.1) is 0 Å². The molecule has 0 aliphatic rings. The Bertz CT molecular complexity index is 349. The molecule has 2 N–H and O–H groups in total. The molecule has 0 aliphatic carbocycles. The first-order chi connectivity index (χ1) is 7.43. The Hall–Kier alpha value is -1.35. The quantitative estimate of drug-likeness (QED) is 0.794. The number of ether oxygens (including phenoxy) is 1. The fourth-order valence-corrected chi connectivity index (χ4v) is 1.32. The normalized spacial score (nSPS) is 11.2. The molecule has 0 atom stereocenters. The number of hydrogen-bond acceptors (Lipinski definition) is 3. The molecule has 0 saturated heterocycles. The Balaban J connectivity index is 2.62. The number of hydrogen-bond donors (Lipinski definition) is 1. The zero-order valence-corrected chi connectivity index (χ0v) is 10.1. The number of rotatable bonds is 3. The molecule has 0 aliphatic heterocycles. The van der Waals surface area contributed by atoms with Crippen molar-refractivity contribution in [2.45, 2.75) is 32.8 Å². The predicted octanol–water partition coefficient (Wildman–Crippen LogP) is 1.99. The highest BCUT2D eigenvalue weighted by Crippen LogP contribution is 2.22. The number of carbonyl (C=O) groups excluding carboxylic acids is 1. The molecule has 0 bridgehead atoms. The number of nitrogens with two attached hydrogens (primary N) is 1. The fraction of sp³-hybridized carbons (Fsp3) is 0.462. The highest BCUT2D eigenvalue weighted by Gasteiger charge is 2.12. The topological polar surface area (TPSA) is 52.3 Å². The van der Waals surface area contributed by atoms with Crippen LogP contribution in [0.4, 0.5) is 0 Å². The average molecular weight is 221 g/mol. The van der Waals surface area contributed by atoms with Gasteiger partial charge >= 0.3 is 5.97 Å². The van der Waals surface area contributed by atoms with E-state index < -0.39 is 0 Å². The smallest absolute Gasteiger partial charge is 0.320 e. The third kappa shape index (κ3) is 3.66. The molecule has 0 spiro atoms. The van der Waals surface area contributed by atoms with Gasteiger partial charge in [-0.25, -0.2) is 0 Å². The molecule has 16 heavy (non-hydrogen) atoms. The van der Waals surface area contributed by atoms with E-state index in [1.54, 1.807) is 0 Å². The van der Waals surface area contributed by atoms with E-state index in [1.807, 2.05) is 12.1 Å². The molecule has 0 saturated carbocycles. The summed E-state index contributed by atoms with van der Waals surface area (Å²) in [5.41, 5.74) is 7.53. The fourth-order valence-electron chi connectivity index (χ4n) is 1.32. The minimum atomic E-state index is -0.375. The zero-order chi connectivity index (χ0) is 12.2. The van der Waals surface area contributed by atoms with Crippen LogP contribution in [0.3, 0.4) is 0 Å². The van der Waals surface area contributed by atoms with Crippen molar-refractivity contribution in [1.29, 1.82) is 0 Å². The summed E-state index contributed by atoms with van der Waals surface area (Å²) < 4.78 is 4.94. The number of carbonyl (C=O) groups is 1. The van der Waals surface area contributed by atoms with Crippen LogP contribution >= 0.6 is 0 Å². The van der Waals surface area contributed by atoms with E-state index in [-0.39, 0.29) is 17.9 Å². The summed E-state index contributed by atoms with van der Waals surface area (Å²) in [4.78, 5) is 10.9. The van der Waals surface area contributed by atoms with Crippen molar-refractivity contribution in [3.05, 3.63) is 35.4 Å². The molecule has 0 amide bonds. The van der Waals surface area contributed by atoms with Crippen molar-refractivity contribution in [3.63, 3.8) is 0 Å². The van der Waals surface area contributed by atoms with Crippen molar-refractivity contribution < 1.29 is 9.53 Å². The second-order valence-electron chi connectivity index (χ2n) is 4.81. The van der Waals surface area contributed by atoms with Crippen LogP contribution in [0.15, 0.2) is 24.3 Å². The molecule has 88 valence electrons.